The number of hydrogen-bond acceptors (Lipinski definition) is 6. The summed E-state index contributed by atoms with van der Waals surface area (Å²) in [6.45, 7) is 0.838. The first-order valence-electron chi connectivity index (χ1n) is 11.4. The van der Waals surface area contributed by atoms with Crippen molar-refractivity contribution in [2.75, 3.05) is 23.3 Å². The highest BCUT2D eigenvalue weighted by Gasteiger charge is 2.31. The third-order valence-electron chi connectivity index (χ3n) is 6.46. The standard InChI is InChI=1S/C23H27F2N5O4/c24-15-6-7-18(25)17(12-15)19-5-2-10-29(19)21-9-8-20(30(33)34)22(27-21)28-23(32)26-13-14-3-1-4-16(31)11-14/h6-9,12,14,16,19,31H,1-5,10-11,13H2,(H2,26,27,28,32)/t14-,16?,19?/m1/s1. The average Bonchev–Trinajstić information content (AvgIpc) is 3.29. The van der Waals surface area contributed by atoms with Gasteiger partial charge in [0.25, 0.3) is 0 Å². The predicted molar refractivity (Wildman–Crippen MR) is 122 cm³/mol. The van der Waals surface area contributed by atoms with E-state index in [1.54, 1.807) is 4.90 Å². The van der Waals surface area contributed by atoms with E-state index in [0.29, 0.717) is 38.2 Å². The summed E-state index contributed by atoms with van der Waals surface area (Å²) < 4.78 is 28.2. The van der Waals surface area contributed by atoms with Gasteiger partial charge in [-0.1, -0.05) is 6.42 Å². The number of hydrogen-bond donors (Lipinski definition) is 3. The topological polar surface area (TPSA) is 121 Å². The highest BCUT2D eigenvalue weighted by atomic mass is 19.1. The molecule has 2 fully saturated rings. The van der Waals surface area contributed by atoms with Gasteiger partial charge in [0.2, 0.25) is 5.82 Å². The SMILES string of the molecule is O=C(NC[C@@H]1CCCC(O)C1)Nc1nc(N2CCCC2c2cc(F)ccc2F)ccc1[N+](=O)[O-]. The Hall–Kier alpha value is -3.34. The summed E-state index contributed by atoms with van der Waals surface area (Å²) in [6, 6.07) is 4.85. The van der Waals surface area contributed by atoms with Gasteiger partial charge < -0.3 is 15.3 Å². The predicted octanol–water partition coefficient (Wildman–Crippen LogP) is 4.28. The molecule has 4 rings (SSSR count). The van der Waals surface area contributed by atoms with E-state index < -0.39 is 28.6 Å². The summed E-state index contributed by atoms with van der Waals surface area (Å²) in [6.07, 6.45) is 4.01. The Kier molecular flexibility index (Phi) is 7.20. The smallest absolute Gasteiger partial charge is 0.320 e. The van der Waals surface area contributed by atoms with E-state index in [-0.39, 0.29) is 29.1 Å². The minimum Gasteiger partial charge on any atom is -0.393 e. The summed E-state index contributed by atoms with van der Waals surface area (Å²) in [7, 11) is 0. The maximum atomic E-state index is 14.4. The molecule has 1 saturated heterocycles. The Morgan fingerprint density at radius 2 is 2.03 bits per heavy atom. The second kappa shape index (κ2) is 10.3. The van der Waals surface area contributed by atoms with Gasteiger partial charge in [0.05, 0.1) is 17.1 Å². The Bertz CT molecular complexity index is 1070. The molecule has 2 aromatic rings. The molecule has 1 aromatic heterocycles. The number of nitro groups is 1. The number of urea groups is 1. The molecule has 3 atom stereocenters. The molecule has 34 heavy (non-hydrogen) atoms. The molecule has 0 radical (unpaired) electrons. The van der Waals surface area contributed by atoms with Gasteiger partial charge in [0, 0.05) is 24.7 Å². The van der Waals surface area contributed by atoms with Crippen molar-refractivity contribution < 1.29 is 23.6 Å². The molecular formula is C23H27F2N5O4. The van der Waals surface area contributed by atoms with Crippen LogP contribution in [0.2, 0.25) is 0 Å². The summed E-state index contributed by atoms with van der Waals surface area (Å²) >= 11 is 0. The molecule has 2 unspecified atom stereocenters. The van der Waals surface area contributed by atoms with Crippen molar-refractivity contribution in [2.24, 2.45) is 5.92 Å². The van der Waals surface area contributed by atoms with E-state index in [4.69, 9.17) is 0 Å². The van der Waals surface area contributed by atoms with Gasteiger partial charge in [0.1, 0.15) is 17.5 Å². The molecule has 1 aliphatic heterocycles. The first kappa shape index (κ1) is 23.8. The minimum absolute atomic E-state index is 0.135. The number of aromatic nitrogens is 1. The van der Waals surface area contributed by atoms with Crippen molar-refractivity contribution in [3.05, 3.63) is 57.6 Å². The molecule has 0 spiro atoms. The van der Waals surface area contributed by atoms with Gasteiger partial charge >= 0.3 is 11.7 Å². The first-order valence-corrected chi connectivity index (χ1v) is 11.4. The van der Waals surface area contributed by atoms with E-state index in [1.807, 2.05) is 0 Å². The van der Waals surface area contributed by atoms with E-state index in [2.05, 4.69) is 15.6 Å². The second-order valence-electron chi connectivity index (χ2n) is 8.83. The number of pyridine rings is 1. The number of anilines is 2. The molecule has 2 aliphatic rings. The zero-order valence-corrected chi connectivity index (χ0v) is 18.5. The van der Waals surface area contributed by atoms with Crippen LogP contribution in [0.3, 0.4) is 0 Å². The number of nitrogens with zero attached hydrogens (tertiary/aromatic N) is 3. The number of benzene rings is 1. The van der Waals surface area contributed by atoms with Crippen LogP contribution in [0.4, 0.5) is 30.9 Å². The maximum Gasteiger partial charge on any atom is 0.320 e. The van der Waals surface area contributed by atoms with E-state index in [9.17, 15) is 28.8 Å². The largest absolute Gasteiger partial charge is 0.393 e. The second-order valence-corrected chi connectivity index (χ2v) is 8.83. The zero-order valence-electron chi connectivity index (χ0n) is 18.5. The van der Waals surface area contributed by atoms with E-state index in [1.165, 1.54) is 12.1 Å². The number of aliphatic hydroxyl groups excluding tert-OH is 1. The molecule has 2 heterocycles. The monoisotopic (exact) mass is 475 g/mol. The molecule has 0 bridgehead atoms. The van der Waals surface area contributed by atoms with Crippen LogP contribution in [0, 0.1) is 27.7 Å². The van der Waals surface area contributed by atoms with Crippen molar-refractivity contribution in [1.82, 2.24) is 10.3 Å². The molecular weight excluding hydrogens is 448 g/mol. The van der Waals surface area contributed by atoms with Crippen LogP contribution in [0.5, 0.6) is 0 Å². The van der Waals surface area contributed by atoms with Crippen molar-refractivity contribution >= 4 is 23.4 Å². The summed E-state index contributed by atoms with van der Waals surface area (Å²) in [5, 5.41) is 26.4. The third-order valence-corrected chi connectivity index (χ3v) is 6.46. The quantitative estimate of drug-likeness (QED) is 0.424. The molecule has 9 nitrogen and oxygen atoms in total. The number of aliphatic hydroxyl groups is 1. The lowest BCUT2D eigenvalue weighted by Gasteiger charge is -2.27. The van der Waals surface area contributed by atoms with Gasteiger partial charge in [-0.15, -0.1) is 0 Å². The Labute approximate surface area is 195 Å². The lowest BCUT2D eigenvalue weighted by Crippen LogP contribution is -2.36. The van der Waals surface area contributed by atoms with Crippen molar-refractivity contribution in [1.29, 1.82) is 0 Å². The summed E-state index contributed by atoms with van der Waals surface area (Å²) in [5.74, 6) is -0.859. The lowest BCUT2D eigenvalue weighted by molar-refractivity contribution is -0.384. The summed E-state index contributed by atoms with van der Waals surface area (Å²) in [4.78, 5) is 29.4. The van der Waals surface area contributed by atoms with Crippen LogP contribution in [0.1, 0.15) is 50.1 Å². The minimum atomic E-state index is -0.641. The number of carbonyl (C=O) groups is 1. The van der Waals surface area contributed by atoms with Crippen molar-refractivity contribution in [3.8, 4) is 0 Å². The Morgan fingerprint density at radius 3 is 2.79 bits per heavy atom. The first-order chi connectivity index (χ1) is 16.3. The Balaban J connectivity index is 1.51. The molecule has 182 valence electrons. The maximum absolute atomic E-state index is 14.4. The number of carbonyl (C=O) groups excluding carboxylic acids is 1. The van der Waals surface area contributed by atoms with E-state index >= 15 is 0 Å². The lowest BCUT2D eigenvalue weighted by atomic mass is 9.87. The van der Waals surface area contributed by atoms with Gasteiger partial charge in [-0.3, -0.25) is 15.4 Å². The molecule has 1 aliphatic carbocycles. The molecule has 2 amide bonds. The van der Waals surface area contributed by atoms with Crippen LogP contribution >= 0.6 is 0 Å². The molecule has 11 heteroatoms. The van der Waals surface area contributed by atoms with Gasteiger partial charge in [-0.2, -0.15) is 0 Å². The van der Waals surface area contributed by atoms with Gasteiger partial charge in [-0.25, -0.2) is 18.6 Å². The van der Waals surface area contributed by atoms with Crippen LogP contribution in [-0.2, 0) is 0 Å². The number of amides is 2. The van der Waals surface area contributed by atoms with Crippen molar-refractivity contribution in [2.45, 2.75) is 50.7 Å². The van der Waals surface area contributed by atoms with Gasteiger partial charge in [0.15, 0.2) is 0 Å². The fourth-order valence-corrected chi connectivity index (χ4v) is 4.81. The van der Waals surface area contributed by atoms with Crippen LogP contribution in [0.25, 0.3) is 0 Å². The Morgan fingerprint density at radius 1 is 1.21 bits per heavy atom. The van der Waals surface area contributed by atoms with E-state index in [0.717, 1.165) is 37.5 Å². The normalized spacial score (nSPS) is 22.4. The molecule has 3 N–H and O–H groups in total. The van der Waals surface area contributed by atoms with Gasteiger partial charge in [-0.05, 0) is 62.3 Å². The molecule has 1 aromatic carbocycles. The fourth-order valence-electron chi connectivity index (χ4n) is 4.81. The van der Waals surface area contributed by atoms with Crippen LogP contribution < -0.4 is 15.5 Å². The summed E-state index contributed by atoms with van der Waals surface area (Å²) in [5.41, 5.74) is -0.181. The number of rotatable bonds is 6. The van der Waals surface area contributed by atoms with Crippen LogP contribution in [0.15, 0.2) is 30.3 Å². The fraction of sp³-hybridized carbons (Fsp3) is 0.478. The average molecular weight is 475 g/mol. The molecule has 1 saturated carbocycles. The third kappa shape index (κ3) is 5.41. The zero-order chi connectivity index (χ0) is 24.2. The van der Waals surface area contributed by atoms with Crippen LogP contribution in [-0.4, -0.2) is 40.2 Å². The highest BCUT2D eigenvalue weighted by molar-refractivity contribution is 5.90. The van der Waals surface area contributed by atoms with Crippen molar-refractivity contribution in [3.63, 3.8) is 0 Å². The highest BCUT2D eigenvalue weighted by Crippen LogP contribution is 2.38. The number of nitrogens with one attached hydrogen (secondary N) is 2. The number of halogens is 2.